The van der Waals surface area contributed by atoms with Crippen molar-refractivity contribution in [2.75, 3.05) is 0 Å². The van der Waals surface area contributed by atoms with E-state index in [1.165, 1.54) is 0 Å². The van der Waals surface area contributed by atoms with Gasteiger partial charge in [0.05, 0.1) is 5.69 Å². The summed E-state index contributed by atoms with van der Waals surface area (Å²) in [5.74, 6) is 0. The van der Waals surface area contributed by atoms with Crippen LogP contribution < -0.4 is 5.73 Å². The van der Waals surface area contributed by atoms with Crippen molar-refractivity contribution in [1.29, 1.82) is 0 Å². The molecule has 84 valence electrons. The van der Waals surface area contributed by atoms with E-state index in [2.05, 4.69) is 10.1 Å². The fraction of sp³-hybridized carbons (Fsp3) is 0.273. The summed E-state index contributed by atoms with van der Waals surface area (Å²) in [5, 5.41) is 6.34. The average molecular weight is 234 g/mol. The first kappa shape index (κ1) is 11.2. The maximum Gasteiger partial charge on any atom is 0.102 e. The van der Waals surface area contributed by atoms with E-state index in [9.17, 15) is 0 Å². The molecule has 0 amide bonds. The van der Waals surface area contributed by atoms with Crippen LogP contribution in [0.15, 0.2) is 34.4 Å². The van der Waals surface area contributed by atoms with Gasteiger partial charge in [0.1, 0.15) is 10.1 Å². The number of nitrogens with zero attached hydrogens (tertiary/aromatic N) is 3. The Labute approximate surface area is 98.9 Å². The lowest BCUT2D eigenvalue weighted by Crippen LogP contribution is -1.97. The third kappa shape index (κ3) is 2.43. The zero-order valence-electron chi connectivity index (χ0n) is 9.34. The van der Waals surface area contributed by atoms with Crippen LogP contribution in [0, 0.1) is 6.92 Å². The second kappa shape index (κ2) is 4.67. The predicted molar refractivity (Wildman–Crippen MR) is 64.2 cm³/mol. The lowest BCUT2D eigenvalue weighted by molar-refractivity contribution is 0.692. The van der Waals surface area contributed by atoms with Gasteiger partial charge < -0.3 is 5.73 Å². The van der Waals surface area contributed by atoms with Crippen molar-refractivity contribution in [2.45, 2.75) is 23.5 Å². The molecule has 2 aromatic rings. The van der Waals surface area contributed by atoms with Gasteiger partial charge in [-0.1, -0.05) is 17.8 Å². The van der Waals surface area contributed by atoms with E-state index >= 15 is 0 Å². The number of aryl methyl sites for hydroxylation is 2. The van der Waals surface area contributed by atoms with Crippen LogP contribution in [0.5, 0.6) is 0 Å². The highest BCUT2D eigenvalue weighted by atomic mass is 32.2. The molecule has 5 heteroatoms. The molecule has 0 spiro atoms. The molecular formula is C11H14N4S. The Balaban J connectivity index is 2.17. The molecule has 16 heavy (non-hydrogen) atoms. The number of hydrogen-bond acceptors (Lipinski definition) is 4. The highest BCUT2D eigenvalue weighted by Crippen LogP contribution is 2.25. The Kier molecular flexibility index (Phi) is 3.26. The van der Waals surface area contributed by atoms with Gasteiger partial charge in [-0.15, -0.1) is 0 Å². The maximum atomic E-state index is 5.52. The SMILES string of the molecule is Cc1cc(Sc2ccc(CN)cn2)n(C)n1. The normalized spacial score (nSPS) is 10.7. The lowest BCUT2D eigenvalue weighted by Gasteiger charge is -2.01. The minimum Gasteiger partial charge on any atom is -0.326 e. The molecule has 0 atom stereocenters. The van der Waals surface area contributed by atoms with Crippen LogP contribution in [0.4, 0.5) is 0 Å². The summed E-state index contributed by atoms with van der Waals surface area (Å²) in [6, 6.07) is 6.02. The summed E-state index contributed by atoms with van der Waals surface area (Å²) >= 11 is 1.60. The Bertz CT molecular complexity index is 475. The molecule has 4 nitrogen and oxygen atoms in total. The van der Waals surface area contributed by atoms with Gasteiger partial charge in [0.25, 0.3) is 0 Å². The molecule has 2 rings (SSSR count). The monoisotopic (exact) mass is 234 g/mol. The van der Waals surface area contributed by atoms with Gasteiger partial charge in [0.15, 0.2) is 0 Å². The standard InChI is InChI=1S/C11H14N4S/c1-8-5-11(15(2)14-8)16-10-4-3-9(6-12)7-13-10/h3-5,7H,6,12H2,1-2H3. The summed E-state index contributed by atoms with van der Waals surface area (Å²) in [6.07, 6.45) is 1.81. The Morgan fingerprint density at radius 1 is 1.44 bits per heavy atom. The zero-order valence-corrected chi connectivity index (χ0v) is 10.2. The molecular weight excluding hydrogens is 220 g/mol. The summed E-state index contributed by atoms with van der Waals surface area (Å²) in [7, 11) is 1.93. The van der Waals surface area contributed by atoms with Gasteiger partial charge in [0.2, 0.25) is 0 Å². The third-order valence-corrected chi connectivity index (χ3v) is 3.24. The third-order valence-electron chi connectivity index (χ3n) is 2.20. The van der Waals surface area contributed by atoms with Crippen LogP contribution in [-0.4, -0.2) is 14.8 Å². The van der Waals surface area contributed by atoms with Crippen molar-refractivity contribution in [3.63, 3.8) is 0 Å². The molecule has 0 aliphatic rings. The molecule has 2 N–H and O–H groups in total. The lowest BCUT2D eigenvalue weighted by atomic mass is 10.3. The highest BCUT2D eigenvalue weighted by molar-refractivity contribution is 7.99. The van der Waals surface area contributed by atoms with Gasteiger partial charge in [-0.2, -0.15) is 5.10 Å². The first-order chi connectivity index (χ1) is 7.69. The molecule has 0 aromatic carbocycles. The first-order valence-electron chi connectivity index (χ1n) is 5.02. The molecule has 0 saturated heterocycles. The van der Waals surface area contributed by atoms with Crippen LogP contribution in [0.25, 0.3) is 0 Å². The van der Waals surface area contributed by atoms with Crippen molar-refractivity contribution in [2.24, 2.45) is 12.8 Å². The van der Waals surface area contributed by atoms with Crippen molar-refractivity contribution < 1.29 is 0 Å². The maximum absolute atomic E-state index is 5.52. The fourth-order valence-electron chi connectivity index (χ4n) is 1.38. The molecule has 0 unspecified atom stereocenters. The Hall–Kier alpha value is -1.33. The minimum atomic E-state index is 0.531. The second-order valence-corrected chi connectivity index (χ2v) is 4.60. The fourth-order valence-corrected chi connectivity index (χ4v) is 2.24. The van der Waals surface area contributed by atoms with Gasteiger partial charge in [-0.25, -0.2) is 4.98 Å². The largest absolute Gasteiger partial charge is 0.326 e. The van der Waals surface area contributed by atoms with Crippen LogP contribution in [0.2, 0.25) is 0 Å². The topological polar surface area (TPSA) is 56.7 Å². The summed E-state index contributed by atoms with van der Waals surface area (Å²) < 4.78 is 1.86. The first-order valence-corrected chi connectivity index (χ1v) is 5.84. The van der Waals surface area contributed by atoms with E-state index in [1.807, 2.05) is 43.0 Å². The summed E-state index contributed by atoms with van der Waals surface area (Å²) in [5.41, 5.74) is 7.58. The second-order valence-electron chi connectivity index (χ2n) is 3.56. The number of pyridine rings is 1. The van der Waals surface area contributed by atoms with E-state index in [0.29, 0.717) is 6.54 Å². The number of hydrogen-bond donors (Lipinski definition) is 1. The van der Waals surface area contributed by atoms with Crippen LogP contribution in [0.3, 0.4) is 0 Å². The minimum absolute atomic E-state index is 0.531. The molecule has 0 saturated carbocycles. The molecule has 0 bridgehead atoms. The summed E-state index contributed by atoms with van der Waals surface area (Å²) in [4.78, 5) is 4.34. The molecule has 0 aliphatic heterocycles. The zero-order chi connectivity index (χ0) is 11.5. The van der Waals surface area contributed by atoms with Crippen molar-refractivity contribution in [3.8, 4) is 0 Å². The van der Waals surface area contributed by atoms with Gasteiger partial charge >= 0.3 is 0 Å². The number of rotatable bonds is 3. The van der Waals surface area contributed by atoms with Crippen molar-refractivity contribution >= 4 is 11.8 Å². The van der Waals surface area contributed by atoms with Gasteiger partial charge in [-0.3, -0.25) is 4.68 Å². The molecule has 0 radical (unpaired) electrons. The number of aromatic nitrogens is 3. The van der Waals surface area contributed by atoms with Crippen LogP contribution in [-0.2, 0) is 13.6 Å². The number of nitrogens with two attached hydrogens (primary N) is 1. The van der Waals surface area contributed by atoms with E-state index in [4.69, 9.17) is 5.73 Å². The molecule has 2 aromatic heterocycles. The van der Waals surface area contributed by atoms with Crippen molar-refractivity contribution in [3.05, 3.63) is 35.7 Å². The Morgan fingerprint density at radius 3 is 2.75 bits per heavy atom. The Morgan fingerprint density at radius 2 is 2.25 bits per heavy atom. The van der Waals surface area contributed by atoms with E-state index in [1.54, 1.807) is 11.8 Å². The highest BCUT2D eigenvalue weighted by Gasteiger charge is 2.04. The average Bonchev–Trinajstić information content (AvgIpc) is 2.59. The van der Waals surface area contributed by atoms with Gasteiger partial charge in [0, 0.05) is 19.8 Å². The predicted octanol–water partition coefficient (Wildman–Crippen LogP) is 1.73. The summed E-state index contributed by atoms with van der Waals surface area (Å²) in [6.45, 7) is 2.51. The van der Waals surface area contributed by atoms with Crippen LogP contribution >= 0.6 is 11.8 Å². The molecule has 2 heterocycles. The molecule has 0 aliphatic carbocycles. The van der Waals surface area contributed by atoms with Gasteiger partial charge in [-0.05, 0) is 24.6 Å². The van der Waals surface area contributed by atoms with Crippen LogP contribution in [0.1, 0.15) is 11.3 Å². The van der Waals surface area contributed by atoms with E-state index in [0.717, 1.165) is 21.3 Å². The van der Waals surface area contributed by atoms with Crippen molar-refractivity contribution in [1.82, 2.24) is 14.8 Å². The smallest absolute Gasteiger partial charge is 0.102 e. The quantitative estimate of drug-likeness (QED) is 0.878. The van der Waals surface area contributed by atoms with E-state index < -0.39 is 0 Å². The molecule has 0 fully saturated rings. The van der Waals surface area contributed by atoms with E-state index in [-0.39, 0.29) is 0 Å².